The number of aliphatic hydroxyl groups excluding tert-OH is 11. The Labute approximate surface area is 476 Å². The molecule has 0 amide bonds. The summed E-state index contributed by atoms with van der Waals surface area (Å²) in [6.07, 6.45) is -4.21. The number of aliphatic hydroxyl groups is 11. The SMILES string of the molecule is CC(C)CCC[C@@H](C)CCC[C@H](C)CCC[C@H](C)CCOC[C@@H](CO[C@H]1O[C@H](CO)[C@@H](O)[C@H](O)[C@@]1(O[C@@H]1O[C@H](CO)[C@@H](O)[C@H](O)[C@@H]1O)[C@@H]1O[C@H](CO)[C@@H](O)[C@H](O)[C@@H]1O)OCC[C@@H](C)CCC[C@@H](C)CCC[C@H](C)CCCC(C)C. The Morgan fingerprint density at radius 2 is 0.772 bits per heavy atom. The molecule has 470 valence electrons. The molecule has 0 unspecified atom stereocenters. The van der Waals surface area contributed by atoms with Crippen LogP contribution in [0.4, 0.5) is 0 Å². The lowest BCUT2D eigenvalue weighted by molar-refractivity contribution is -0.435. The first-order chi connectivity index (χ1) is 37.5. The van der Waals surface area contributed by atoms with Crippen molar-refractivity contribution in [3.05, 3.63) is 0 Å². The molecule has 3 fully saturated rings. The highest BCUT2D eigenvalue weighted by molar-refractivity contribution is 5.13. The molecular formula is C61H118O18. The van der Waals surface area contributed by atoms with Crippen LogP contribution >= 0.6 is 0 Å². The minimum absolute atomic E-state index is 0.0594. The first-order valence-electron chi connectivity index (χ1n) is 31.2. The molecule has 79 heavy (non-hydrogen) atoms. The van der Waals surface area contributed by atoms with Crippen molar-refractivity contribution in [3.63, 3.8) is 0 Å². The summed E-state index contributed by atoms with van der Waals surface area (Å²) in [4.78, 5) is 0. The van der Waals surface area contributed by atoms with Crippen molar-refractivity contribution in [2.75, 3.05) is 46.2 Å². The normalized spacial score (nSPS) is 33.5. The van der Waals surface area contributed by atoms with E-state index >= 15 is 0 Å². The topological polar surface area (TPSA) is 287 Å². The predicted octanol–water partition coefficient (Wildman–Crippen LogP) is 6.17. The molecule has 18 heteroatoms. The second kappa shape index (κ2) is 38.4. The molecule has 0 radical (unpaired) electrons. The van der Waals surface area contributed by atoms with E-state index in [4.69, 9.17) is 33.2 Å². The second-order valence-corrected chi connectivity index (χ2v) is 26.0. The summed E-state index contributed by atoms with van der Waals surface area (Å²) < 4.78 is 43.3. The molecule has 0 aromatic heterocycles. The zero-order valence-electron chi connectivity index (χ0n) is 50.6. The summed E-state index contributed by atoms with van der Waals surface area (Å²) >= 11 is 0. The lowest BCUT2D eigenvalue weighted by atomic mass is 9.76. The van der Waals surface area contributed by atoms with Crippen LogP contribution in [0.5, 0.6) is 0 Å². The van der Waals surface area contributed by atoms with E-state index in [2.05, 4.69) is 69.2 Å². The third kappa shape index (κ3) is 24.3. The average molecular weight is 1140 g/mol. The highest BCUT2D eigenvalue weighted by atomic mass is 16.8. The largest absolute Gasteiger partial charge is 0.394 e. The molecule has 18 nitrogen and oxygen atoms in total. The smallest absolute Gasteiger partial charge is 0.192 e. The van der Waals surface area contributed by atoms with Crippen LogP contribution in [0.3, 0.4) is 0 Å². The maximum Gasteiger partial charge on any atom is 0.192 e. The van der Waals surface area contributed by atoms with Crippen LogP contribution in [0.15, 0.2) is 0 Å². The lowest BCUT2D eigenvalue weighted by Gasteiger charge is -2.57. The zero-order valence-corrected chi connectivity index (χ0v) is 50.6. The molecule has 3 rings (SSSR count). The van der Waals surface area contributed by atoms with Crippen molar-refractivity contribution in [1.29, 1.82) is 0 Å². The molecule has 3 aliphatic rings. The first-order valence-corrected chi connectivity index (χ1v) is 31.2. The molecule has 0 aromatic rings. The van der Waals surface area contributed by atoms with Gasteiger partial charge in [0.15, 0.2) is 18.2 Å². The number of ether oxygens (including phenoxy) is 7. The lowest BCUT2D eigenvalue weighted by Crippen LogP contribution is -2.79. The van der Waals surface area contributed by atoms with Crippen LogP contribution in [0, 0.1) is 47.3 Å². The third-order valence-corrected chi connectivity index (χ3v) is 17.5. The first kappa shape index (κ1) is 72.5. The van der Waals surface area contributed by atoms with E-state index < -0.39 is 117 Å². The van der Waals surface area contributed by atoms with E-state index in [1.54, 1.807) is 0 Å². The van der Waals surface area contributed by atoms with Crippen LogP contribution in [0.1, 0.15) is 198 Å². The summed E-state index contributed by atoms with van der Waals surface area (Å²) in [6.45, 7) is 20.9. The Morgan fingerprint density at radius 3 is 1.20 bits per heavy atom. The maximum absolute atomic E-state index is 12.2. The summed E-state index contributed by atoms with van der Waals surface area (Å²) in [5.74, 6) is 5.14. The predicted molar refractivity (Wildman–Crippen MR) is 303 cm³/mol. The minimum Gasteiger partial charge on any atom is -0.394 e. The molecule has 0 saturated carbocycles. The fourth-order valence-corrected chi connectivity index (χ4v) is 11.8. The van der Waals surface area contributed by atoms with E-state index in [0.717, 1.165) is 68.6 Å². The van der Waals surface area contributed by atoms with Gasteiger partial charge in [0.25, 0.3) is 0 Å². The van der Waals surface area contributed by atoms with Gasteiger partial charge in [-0.3, -0.25) is 0 Å². The van der Waals surface area contributed by atoms with Crippen LogP contribution < -0.4 is 0 Å². The van der Waals surface area contributed by atoms with Crippen molar-refractivity contribution >= 4 is 0 Å². The van der Waals surface area contributed by atoms with Gasteiger partial charge >= 0.3 is 0 Å². The van der Waals surface area contributed by atoms with Gasteiger partial charge in [-0.25, -0.2) is 0 Å². The quantitative estimate of drug-likeness (QED) is 0.0305. The van der Waals surface area contributed by atoms with Crippen molar-refractivity contribution in [1.82, 2.24) is 0 Å². The molecular weight excluding hydrogens is 1020 g/mol. The Hall–Kier alpha value is -0.720. The van der Waals surface area contributed by atoms with Gasteiger partial charge in [-0.1, -0.05) is 185 Å². The highest BCUT2D eigenvalue weighted by Crippen LogP contribution is 2.44. The minimum atomic E-state index is -2.78. The maximum atomic E-state index is 12.2. The molecule has 22 atom stereocenters. The van der Waals surface area contributed by atoms with Crippen LogP contribution in [-0.4, -0.2) is 200 Å². The molecule has 11 N–H and O–H groups in total. The van der Waals surface area contributed by atoms with Crippen LogP contribution in [-0.2, 0) is 33.2 Å². The fourth-order valence-electron chi connectivity index (χ4n) is 11.8. The average Bonchev–Trinajstić information content (AvgIpc) is 3.60. The Kier molecular flexibility index (Phi) is 35.2. The molecule has 3 saturated heterocycles. The molecule has 0 spiro atoms. The van der Waals surface area contributed by atoms with Crippen molar-refractivity contribution in [3.8, 4) is 0 Å². The summed E-state index contributed by atoms with van der Waals surface area (Å²) in [5.41, 5.74) is -2.78. The Morgan fingerprint density at radius 1 is 0.392 bits per heavy atom. The van der Waals surface area contributed by atoms with Gasteiger partial charge in [-0.15, -0.1) is 0 Å². The van der Waals surface area contributed by atoms with E-state index in [-0.39, 0.29) is 13.2 Å². The van der Waals surface area contributed by atoms with E-state index in [9.17, 15) is 56.2 Å². The Bertz CT molecular complexity index is 1530. The molecule has 0 bridgehead atoms. The molecule has 0 aromatic carbocycles. The van der Waals surface area contributed by atoms with Gasteiger partial charge in [0, 0.05) is 13.2 Å². The standard InChI is InChI=1S/C61H118O18/c1-38(2)17-11-19-40(5)21-13-23-42(7)25-15-27-44(9)29-31-73-36-46(74-32-30-45(10)28-16-26-43(8)24-14-22-41(6)20-12-18-39(3)4)37-75-60-61(57(72)52(67)49(35-64)78-60,58-55(70)53(68)50(65)47(33-62)76-58)79-59-56(71)54(69)51(66)48(34-63)77-59/h38-60,62-72H,11-37H2,1-10H3/t40-,41-,42+,43+,44+,45+,46+,47-,48-,49-,50-,51-,52-,53+,54+,55+,56+,57+,58-,59+,60+,61-/m1/s1. The number of hydrogen-bond donors (Lipinski definition) is 11. The van der Waals surface area contributed by atoms with E-state index in [0.29, 0.717) is 36.9 Å². The molecule has 3 aliphatic heterocycles. The fraction of sp³-hybridized carbons (Fsp3) is 1.00. The molecule has 3 heterocycles. The van der Waals surface area contributed by atoms with Gasteiger partial charge in [-0.2, -0.15) is 0 Å². The van der Waals surface area contributed by atoms with Crippen molar-refractivity contribution < 1.29 is 89.3 Å². The van der Waals surface area contributed by atoms with Gasteiger partial charge in [-0.05, 0) is 60.2 Å². The number of rotatable bonds is 42. The highest BCUT2D eigenvalue weighted by Gasteiger charge is 2.68. The van der Waals surface area contributed by atoms with Crippen molar-refractivity contribution in [2.24, 2.45) is 47.3 Å². The van der Waals surface area contributed by atoms with Crippen LogP contribution in [0.25, 0.3) is 0 Å². The number of hydrogen-bond acceptors (Lipinski definition) is 18. The summed E-state index contributed by atoms with van der Waals surface area (Å²) in [7, 11) is 0. The Balaban J connectivity index is 1.76. The monoisotopic (exact) mass is 1140 g/mol. The zero-order chi connectivity index (χ0) is 58.8. The third-order valence-electron chi connectivity index (χ3n) is 17.5. The van der Waals surface area contributed by atoms with E-state index in [1.807, 2.05) is 0 Å². The molecule has 0 aliphatic carbocycles. The second-order valence-electron chi connectivity index (χ2n) is 26.0. The van der Waals surface area contributed by atoms with Gasteiger partial charge in [0.05, 0.1) is 33.0 Å². The van der Waals surface area contributed by atoms with Gasteiger partial charge < -0.3 is 89.3 Å². The summed E-state index contributed by atoms with van der Waals surface area (Å²) in [6, 6.07) is 0. The summed E-state index contributed by atoms with van der Waals surface area (Å²) in [5, 5.41) is 121. The van der Waals surface area contributed by atoms with Crippen LogP contribution in [0.2, 0.25) is 0 Å². The van der Waals surface area contributed by atoms with E-state index in [1.165, 1.54) is 83.5 Å². The van der Waals surface area contributed by atoms with Gasteiger partial charge in [0.2, 0.25) is 0 Å². The van der Waals surface area contributed by atoms with Gasteiger partial charge in [0.1, 0.15) is 79.4 Å². The van der Waals surface area contributed by atoms with Crippen molar-refractivity contribution in [2.45, 2.75) is 295 Å².